The molecule has 4 nitrogen and oxygen atoms in total. The smallest absolute Gasteiger partial charge is 0.308 e. The van der Waals surface area contributed by atoms with Crippen molar-refractivity contribution in [2.24, 2.45) is 11.7 Å². The van der Waals surface area contributed by atoms with Gasteiger partial charge in [-0.1, -0.05) is 12.5 Å². The largest absolute Gasteiger partial charge is 0.466 e. The minimum absolute atomic E-state index is 0.0122. The van der Waals surface area contributed by atoms with E-state index in [4.69, 9.17) is 10.5 Å². The monoisotopic (exact) mass is 278 g/mol. The van der Waals surface area contributed by atoms with Crippen LogP contribution in [0.4, 0.5) is 0 Å². The Labute approximate surface area is 121 Å². The molecule has 112 valence electrons. The summed E-state index contributed by atoms with van der Waals surface area (Å²) >= 11 is 0. The molecular formula is C16H26N2O2. The van der Waals surface area contributed by atoms with Gasteiger partial charge in [-0.25, -0.2) is 0 Å². The predicted molar refractivity (Wildman–Crippen MR) is 80.2 cm³/mol. The molecule has 1 rings (SSSR count). The first kappa shape index (κ1) is 16.6. The Bertz CT molecular complexity index is 368. The van der Waals surface area contributed by atoms with Crippen molar-refractivity contribution in [2.75, 3.05) is 13.2 Å². The van der Waals surface area contributed by atoms with Gasteiger partial charge in [-0.3, -0.25) is 9.78 Å². The third-order valence-electron chi connectivity index (χ3n) is 3.37. The molecule has 0 saturated heterocycles. The fourth-order valence-corrected chi connectivity index (χ4v) is 2.27. The highest BCUT2D eigenvalue weighted by Gasteiger charge is 2.18. The van der Waals surface area contributed by atoms with Crippen molar-refractivity contribution in [3.05, 3.63) is 30.1 Å². The number of aryl methyl sites for hydroxylation is 1. The highest BCUT2D eigenvalue weighted by Crippen LogP contribution is 2.18. The number of nitrogens with zero attached hydrogens (tertiary/aromatic N) is 1. The zero-order valence-electron chi connectivity index (χ0n) is 12.4. The zero-order chi connectivity index (χ0) is 14.6. The molecule has 20 heavy (non-hydrogen) atoms. The van der Waals surface area contributed by atoms with Crippen molar-refractivity contribution in [3.63, 3.8) is 0 Å². The summed E-state index contributed by atoms with van der Waals surface area (Å²) < 4.78 is 5.15. The molecule has 0 aliphatic carbocycles. The Morgan fingerprint density at radius 3 is 2.80 bits per heavy atom. The molecule has 0 saturated carbocycles. The van der Waals surface area contributed by atoms with Gasteiger partial charge in [0.1, 0.15) is 0 Å². The predicted octanol–water partition coefficient (Wildman–Crippen LogP) is 2.71. The lowest BCUT2D eigenvalue weighted by molar-refractivity contribution is -0.148. The highest BCUT2D eigenvalue weighted by molar-refractivity contribution is 5.72. The number of esters is 1. The molecule has 1 aromatic rings. The molecule has 2 N–H and O–H groups in total. The van der Waals surface area contributed by atoms with Crippen molar-refractivity contribution in [1.29, 1.82) is 0 Å². The number of nitrogens with two attached hydrogens (primary N) is 1. The van der Waals surface area contributed by atoms with Crippen LogP contribution in [0.5, 0.6) is 0 Å². The van der Waals surface area contributed by atoms with Gasteiger partial charge in [0.05, 0.1) is 12.5 Å². The lowest BCUT2D eigenvalue weighted by Crippen LogP contribution is -2.18. The molecule has 0 fully saturated rings. The second-order valence-electron chi connectivity index (χ2n) is 4.99. The van der Waals surface area contributed by atoms with Gasteiger partial charge in [-0.15, -0.1) is 0 Å². The molecule has 1 atom stereocenters. The van der Waals surface area contributed by atoms with Crippen LogP contribution in [0.2, 0.25) is 0 Å². The molecule has 0 bridgehead atoms. The van der Waals surface area contributed by atoms with E-state index in [1.807, 2.05) is 19.2 Å². The van der Waals surface area contributed by atoms with Gasteiger partial charge in [-0.05, 0) is 57.2 Å². The van der Waals surface area contributed by atoms with E-state index in [0.717, 1.165) is 38.5 Å². The summed E-state index contributed by atoms with van der Waals surface area (Å²) in [6.45, 7) is 2.99. The number of carbonyl (C=O) groups excluding carboxylic acids is 1. The number of hydrogen-bond acceptors (Lipinski definition) is 4. The Hall–Kier alpha value is -1.42. The molecule has 0 aromatic carbocycles. The van der Waals surface area contributed by atoms with Crippen LogP contribution in [-0.2, 0) is 16.0 Å². The van der Waals surface area contributed by atoms with Gasteiger partial charge in [0.2, 0.25) is 0 Å². The molecule has 1 heterocycles. The molecule has 1 aromatic heterocycles. The first-order valence-corrected chi connectivity index (χ1v) is 7.53. The van der Waals surface area contributed by atoms with Gasteiger partial charge in [-0.2, -0.15) is 0 Å². The van der Waals surface area contributed by atoms with Crippen LogP contribution in [0.1, 0.15) is 44.6 Å². The molecule has 0 amide bonds. The maximum atomic E-state index is 11.9. The maximum Gasteiger partial charge on any atom is 0.308 e. The molecule has 1 unspecified atom stereocenters. The molecule has 0 radical (unpaired) electrons. The second-order valence-corrected chi connectivity index (χ2v) is 4.99. The van der Waals surface area contributed by atoms with Gasteiger partial charge in [0.15, 0.2) is 0 Å². The quantitative estimate of drug-likeness (QED) is 0.528. The van der Waals surface area contributed by atoms with Crippen molar-refractivity contribution in [1.82, 2.24) is 4.98 Å². The number of hydrogen-bond donors (Lipinski definition) is 1. The summed E-state index contributed by atoms with van der Waals surface area (Å²) in [5, 5.41) is 0. The van der Waals surface area contributed by atoms with E-state index in [0.29, 0.717) is 13.2 Å². The van der Waals surface area contributed by atoms with Crippen LogP contribution in [0.3, 0.4) is 0 Å². The van der Waals surface area contributed by atoms with E-state index in [1.54, 1.807) is 6.20 Å². The Morgan fingerprint density at radius 1 is 1.35 bits per heavy atom. The number of unbranched alkanes of at least 4 members (excludes halogenated alkanes) is 1. The van der Waals surface area contributed by atoms with Crippen molar-refractivity contribution >= 4 is 5.97 Å². The third-order valence-corrected chi connectivity index (χ3v) is 3.37. The number of aromatic nitrogens is 1. The number of ether oxygens (including phenoxy) is 1. The van der Waals surface area contributed by atoms with Crippen LogP contribution < -0.4 is 5.73 Å². The Balaban J connectivity index is 2.36. The lowest BCUT2D eigenvalue weighted by atomic mass is 9.95. The van der Waals surface area contributed by atoms with Crippen LogP contribution >= 0.6 is 0 Å². The van der Waals surface area contributed by atoms with Crippen molar-refractivity contribution in [3.8, 4) is 0 Å². The van der Waals surface area contributed by atoms with Crippen LogP contribution in [0.25, 0.3) is 0 Å². The summed E-state index contributed by atoms with van der Waals surface area (Å²) in [6, 6.07) is 4.01. The van der Waals surface area contributed by atoms with Crippen molar-refractivity contribution in [2.45, 2.75) is 45.4 Å². The fraction of sp³-hybridized carbons (Fsp3) is 0.625. The van der Waals surface area contributed by atoms with Crippen LogP contribution in [-0.4, -0.2) is 24.1 Å². The number of pyridine rings is 1. The van der Waals surface area contributed by atoms with Gasteiger partial charge >= 0.3 is 5.97 Å². The first-order valence-electron chi connectivity index (χ1n) is 7.53. The number of carbonyl (C=O) groups is 1. The summed E-state index contributed by atoms with van der Waals surface area (Å²) in [6.07, 6.45) is 9.32. The Kier molecular flexibility index (Phi) is 8.63. The standard InChI is InChI=1S/C16H26N2O2/c1-2-20-16(19)15(9-3-4-11-17)10-5-7-14-8-6-12-18-13-14/h6,8,12-13,15H,2-5,7,9-11,17H2,1H3. The first-order chi connectivity index (χ1) is 9.77. The Morgan fingerprint density at radius 2 is 2.15 bits per heavy atom. The number of rotatable bonds is 10. The second kappa shape index (κ2) is 10.4. The summed E-state index contributed by atoms with van der Waals surface area (Å²) in [4.78, 5) is 16.0. The van der Waals surface area contributed by atoms with E-state index in [-0.39, 0.29) is 11.9 Å². The summed E-state index contributed by atoms with van der Waals surface area (Å²) in [5.74, 6) is -0.0473. The normalized spacial score (nSPS) is 12.1. The van der Waals surface area contributed by atoms with Gasteiger partial charge in [0.25, 0.3) is 0 Å². The minimum atomic E-state index is -0.0595. The van der Waals surface area contributed by atoms with E-state index < -0.39 is 0 Å². The van der Waals surface area contributed by atoms with E-state index >= 15 is 0 Å². The summed E-state index contributed by atoms with van der Waals surface area (Å²) in [5.41, 5.74) is 6.72. The lowest BCUT2D eigenvalue weighted by Gasteiger charge is -2.15. The van der Waals surface area contributed by atoms with E-state index in [2.05, 4.69) is 11.1 Å². The molecule has 4 heteroatoms. The highest BCUT2D eigenvalue weighted by atomic mass is 16.5. The van der Waals surface area contributed by atoms with Gasteiger partial charge < -0.3 is 10.5 Å². The van der Waals surface area contributed by atoms with E-state index in [9.17, 15) is 4.79 Å². The van der Waals surface area contributed by atoms with Gasteiger partial charge in [0, 0.05) is 12.4 Å². The van der Waals surface area contributed by atoms with Crippen LogP contribution in [0, 0.1) is 5.92 Å². The van der Waals surface area contributed by atoms with Crippen molar-refractivity contribution < 1.29 is 9.53 Å². The maximum absolute atomic E-state index is 11.9. The summed E-state index contributed by atoms with van der Waals surface area (Å²) in [7, 11) is 0. The molecule has 0 aliphatic heterocycles. The zero-order valence-corrected chi connectivity index (χ0v) is 12.4. The van der Waals surface area contributed by atoms with E-state index in [1.165, 1.54) is 5.56 Å². The van der Waals surface area contributed by atoms with Crippen LogP contribution in [0.15, 0.2) is 24.5 Å². The average Bonchev–Trinajstić information content (AvgIpc) is 2.47. The molecule has 0 aliphatic rings. The average molecular weight is 278 g/mol. The third kappa shape index (κ3) is 6.66. The molecule has 0 spiro atoms. The SMILES string of the molecule is CCOC(=O)C(CCCCN)CCCc1cccnc1. The fourth-order valence-electron chi connectivity index (χ4n) is 2.27. The topological polar surface area (TPSA) is 65.2 Å². The molecular weight excluding hydrogens is 252 g/mol. The minimum Gasteiger partial charge on any atom is -0.466 e.